The van der Waals surface area contributed by atoms with E-state index in [0.717, 1.165) is 37.2 Å². The van der Waals surface area contributed by atoms with Crippen molar-refractivity contribution >= 4 is 11.7 Å². The molecule has 0 bridgehead atoms. The Morgan fingerprint density at radius 1 is 1.09 bits per heavy atom. The molecule has 1 amide bonds. The van der Waals surface area contributed by atoms with Gasteiger partial charge >= 0.3 is 0 Å². The van der Waals surface area contributed by atoms with Gasteiger partial charge in [-0.2, -0.15) is 0 Å². The minimum Gasteiger partial charge on any atom is -0.346 e. The van der Waals surface area contributed by atoms with Crippen LogP contribution in [0.3, 0.4) is 0 Å². The third-order valence-corrected chi connectivity index (χ3v) is 5.18. The predicted octanol–water partition coefficient (Wildman–Crippen LogP) is 3.77. The molecule has 1 N–H and O–H groups in total. The zero-order valence-electron chi connectivity index (χ0n) is 14.5. The average molecular weight is 315 g/mol. The maximum Gasteiger partial charge on any atom is 0.223 e. The van der Waals surface area contributed by atoms with Crippen molar-refractivity contribution in [3.63, 3.8) is 0 Å². The number of rotatable bonds is 6. The molecule has 1 saturated carbocycles. The molecular formula is C20H29NO2. The number of hydrogen-bond donors (Lipinski definition) is 1. The van der Waals surface area contributed by atoms with E-state index in [9.17, 15) is 9.59 Å². The number of amides is 1. The summed E-state index contributed by atoms with van der Waals surface area (Å²) in [5.74, 6) is 1.60. The molecule has 126 valence electrons. The Hall–Kier alpha value is -1.64. The number of carbonyl (C=O) groups is 2. The van der Waals surface area contributed by atoms with Crippen LogP contribution in [0.25, 0.3) is 0 Å². The molecule has 0 radical (unpaired) electrons. The van der Waals surface area contributed by atoms with Gasteiger partial charge in [-0.1, -0.05) is 44.2 Å². The molecule has 1 aliphatic rings. The highest BCUT2D eigenvalue weighted by atomic mass is 16.2. The summed E-state index contributed by atoms with van der Waals surface area (Å²) in [6.07, 6.45) is 4.72. The summed E-state index contributed by atoms with van der Waals surface area (Å²) in [7, 11) is 0. The van der Waals surface area contributed by atoms with Gasteiger partial charge in [0.05, 0.1) is 6.04 Å². The van der Waals surface area contributed by atoms with Crippen LogP contribution in [0, 0.1) is 17.8 Å². The topological polar surface area (TPSA) is 46.2 Å². The van der Waals surface area contributed by atoms with Gasteiger partial charge in [0.15, 0.2) is 5.78 Å². The Balaban J connectivity index is 1.90. The molecular weight excluding hydrogens is 286 g/mol. The van der Waals surface area contributed by atoms with E-state index in [2.05, 4.69) is 19.2 Å². The Morgan fingerprint density at radius 3 is 2.22 bits per heavy atom. The Bertz CT molecular complexity index is 516. The number of Topliss-reactive ketones (excluding diaryl/α,β-unsaturated/α-hetero) is 1. The SMILES string of the molecule is CC(=O)[C@@H](Cc1ccccc1)NC(=O)[C@H]1CC[C@H](C(C)C)CC1. The predicted molar refractivity (Wildman–Crippen MR) is 93.0 cm³/mol. The van der Waals surface area contributed by atoms with Crippen LogP contribution in [0.5, 0.6) is 0 Å². The minimum absolute atomic E-state index is 0.0260. The molecule has 0 heterocycles. The monoisotopic (exact) mass is 315 g/mol. The van der Waals surface area contributed by atoms with Crippen molar-refractivity contribution < 1.29 is 9.59 Å². The largest absolute Gasteiger partial charge is 0.346 e. The van der Waals surface area contributed by atoms with Gasteiger partial charge in [0.1, 0.15) is 0 Å². The van der Waals surface area contributed by atoms with Crippen LogP contribution in [0.2, 0.25) is 0 Å². The van der Waals surface area contributed by atoms with Gasteiger partial charge < -0.3 is 5.32 Å². The summed E-state index contributed by atoms with van der Waals surface area (Å²) in [5.41, 5.74) is 1.08. The molecule has 23 heavy (non-hydrogen) atoms. The summed E-state index contributed by atoms with van der Waals surface area (Å²) < 4.78 is 0. The maximum absolute atomic E-state index is 12.5. The molecule has 1 atom stereocenters. The summed E-state index contributed by atoms with van der Waals surface area (Å²) in [4.78, 5) is 24.4. The van der Waals surface area contributed by atoms with Crippen molar-refractivity contribution in [2.75, 3.05) is 0 Å². The molecule has 1 fully saturated rings. The third kappa shape index (κ3) is 5.19. The van der Waals surface area contributed by atoms with Crippen LogP contribution >= 0.6 is 0 Å². The lowest BCUT2D eigenvalue weighted by Crippen LogP contribution is -2.45. The van der Waals surface area contributed by atoms with E-state index in [4.69, 9.17) is 0 Å². The second-order valence-corrected chi connectivity index (χ2v) is 7.22. The van der Waals surface area contributed by atoms with E-state index in [1.165, 1.54) is 0 Å². The highest BCUT2D eigenvalue weighted by molar-refractivity contribution is 5.88. The number of nitrogens with one attached hydrogen (secondary N) is 1. The molecule has 1 aliphatic carbocycles. The van der Waals surface area contributed by atoms with Crippen LogP contribution in [-0.2, 0) is 16.0 Å². The van der Waals surface area contributed by atoms with Gasteiger partial charge in [-0.05, 0) is 56.4 Å². The number of ketones is 1. The molecule has 0 aromatic heterocycles. The molecule has 3 heteroatoms. The number of carbonyl (C=O) groups excluding carboxylic acids is 2. The summed E-state index contributed by atoms with van der Waals surface area (Å²) >= 11 is 0. The Morgan fingerprint density at radius 2 is 1.70 bits per heavy atom. The highest BCUT2D eigenvalue weighted by Gasteiger charge is 2.29. The lowest BCUT2D eigenvalue weighted by molar-refractivity contribution is -0.130. The zero-order valence-corrected chi connectivity index (χ0v) is 14.5. The molecule has 0 spiro atoms. The summed E-state index contributed by atoms with van der Waals surface area (Å²) in [6, 6.07) is 9.46. The van der Waals surface area contributed by atoms with Gasteiger partial charge in [-0.15, -0.1) is 0 Å². The van der Waals surface area contributed by atoms with Crippen molar-refractivity contribution in [2.24, 2.45) is 17.8 Å². The van der Waals surface area contributed by atoms with Crippen LogP contribution in [-0.4, -0.2) is 17.7 Å². The van der Waals surface area contributed by atoms with Crippen molar-refractivity contribution in [2.45, 2.75) is 58.9 Å². The fraction of sp³-hybridized carbons (Fsp3) is 0.600. The first kappa shape index (κ1) is 17.7. The first-order valence-corrected chi connectivity index (χ1v) is 8.82. The van der Waals surface area contributed by atoms with Gasteiger partial charge in [0.25, 0.3) is 0 Å². The lowest BCUT2D eigenvalue weighted by atomic mass is 9.76. The fourth-order valence-electron chi connectivity index (χ4n) is 3.48. The standard InChI is InChI=1S/C20H29NO2/c1-14(2)17-9-11-18(12-10-17)20(23)21-19(15(3)22)13-16-7-5-4-6-8-16/h4-8,14,17-19H,9-13H2,1-3H3,(H,21,23)/t17-,18-,19-/m1/s1. The third-order valence-electron chi connectivity index (χ3n) is 5.18. The van der Waals surface area contributed by atoms with Crippen LogP contribution in [0.15, 0.2) is 30.3 Å². The zero-order chi connectivity index (χ0) is 16.8. The first-order chi connectivity index (χ1) is 11.0. The van der Waals surface area contributed by atoms with E-state index in [1.54, 1.807) is 6.92 Å². The second-order valence-electron chi connectivity index (χ2n) is 7.22. The molecule has 0 unspecified atom stereocenters. The van der Waals surface area contributed by atoms with Crippen LogP contribution in [0.1, 0.15) is 52.0 Å². The van der Waals surface area contributed by atoms with E-state index < -0.39 is 6.04 Å². The van der Waals surface area contributed by atoms with Gasteiger partial charge in [-0.25, -0.2) is 0 Å². The van der Waals surface area contributed by atoms with E-state index in [0.29, 0.717) is 12.3 Å². The molecule has 1 aromatic carbocycles. The quantitative estimate of drug-likeness (QED) is 0.868. The molecule has 3 nitrogen and oxygen atoms in total. The molecule has 2 rings (SSSR count). The van der Waals surface area contributed by atoms with Crippen molar-refractivity contribution in [1.82, 2.24) is 5.32 Å². The highest BCUT2D eigenvalue weighted by Crippen LogP contribution is 2.33. The minimum atomic E-state index is -0.410. The first-order valence-electron chi connectivity index (χ1n) is 8.82. The van der Waals surface area contributed by atoms with Crippen molar-refractivity contribution in [3.8, 4) is 0 Å². The van der Waals surface area contributed by atoms with Crippen molar-refractivity contribution in [3.05, 3.63) is 35.9 Å². The van der Waals surface area contributed by atoms with Crippen molar-refractivity contribution in [1.29, 1.82) is 0 Å². The molecule has 0 saturated heterocycles. The van der Waals surface area contributed by atoms with E-state index >= 15 is 0 Å². The second kappa shape index (κ2) is 8.28. The summed E-state index contributed by atoms with van der Waals surface area (Å²) in [5, 5.41) is 2.99. The van der Waals surface area contributed by atoms with Gasteiger partial charge in [-0.3, -0.25) is 9.59 Å². The van der Waals surface area contributed by atoms with E-state index in [1.807, 2.05) is 30.3 Å². The Labute approximate surface area is 139 Å². The average Bonchev–Trinajstić information content (AvgIpc) is 2.55. The number of hydrogen-bond acceptors (Lipinski definition) is 2. The van der Waals surface area contributed by atoms with Crippen LogP contribution < -0.4 is 5.32 Å². The maximum atomic E-state index is 12.5. The Kier molecular flexibility index (Phi) is 6.37. The van der Waals surface area contributed by atoms with Gasteiger partial charge in [0, 0.05) is 5.92 Å². The number of benzene rings is 1. The summed E-state index contributed by atoms with van der Waals surface area (Å²) in [6.45, 7) is 6.08. The molecule has 1 aromatic rings. The van der Waals surface area contributed by atoms with Crippen LogP contribution in [0.4, 0.5) is 0 Å². The van der Waals surface area contributed by atoms with E-state index in [-0.39, 0.29) is 17.6 Å². The van der Waals surface area contributed by atoms with Gasteiger partial charge in [0.2, 0.25) is 5.91 Å². The molecule has 0 aliphatic heterocycles. The lowest BCUT2D eigenvalue weighted by Gasteiger charge is -2.31. The normalized spacial score (nSPS) is 22.6. The fourth-order valence-corrected chi connectivity index (χ4v) is 3.48. The smallest absolute Gasteiger partial charge is 0.223 e.